The fourth-order valence-electron chi connectivity index (χ4n) is 1.43. The quantitative estimate of drug-likeness (QED) is 0.734. The van der Waals surface area contributed by atoms with Crippen LogP contribution in [-0.2, 0) is 10.0 Å². The molecule has 0 aliphatic heterocycles. The van der Waals surface area contributed by atoms with E-state index in [9.17, 15) is 13.2 Å². The van der Waals surface area contributed by atoms with Gasteiger partial charge in [0.1, 0.15) is 4.90 Å². The lowest BCUT2D eigenvalue weighted by Crippen LogP contribution is -2.17. The maximum Gasteiger partial charge on any atom is 0.266 e. The SMILES string of the molecule is Nc1cc(Cl)c(S(=O)(=O)Nc2ccc(=O)[nH]n2)c(Cl)c1. The molecule has 0 bridgehead atoms. The molecule has 0 amide bonds. The molecule has 20 heavy (non-hydrogen) atoms. The maximum absolute atomic E-state index is 12.2. The van der Waals surface area contributed by atoms with Crippen LogP contribution in [0.15, 0.2) is 34.0 Å². The first-order valence-corrected chi connectivity index (χ1v) is 7.36. The van der Waals surface area contributed by atoms with Gasteiger partial charge in [-0.2, -0.15) is 5.10 Å². The first-order valence-electron chi connectivity index (χ1n) is 5.12. The second-order valence-corrected chi connectivity index (χ2v) is 6.16. The molecule has 0 spiro atoms. The number of aromatic amines is 1. The summed E-state index contributed by atoms with van der Waals surface area (Å²) in [6, 6.07) is 4.86. The van der Waals surface area contributed by atoms with Gasteiger partial charge in [-0.25, -0.2) is 13.5 Å². The van der Waals surface area contributed by atoms with Gasteiger partial charge in [0, 0.05) is 11.8 Å². The van der Waals surface area contributed by atoms with E-state index >= 15 is 0 Å². The number of nitrogens with two attached hydrogens (primary N) is 1. The number of hydrogen-bond donors (Lipinski definition) is 3. The van der Waals surface area contributed by atoms with Crippen molar-refractivity contribution < 1.29 is 8.42 Å². The van der Waals surface area contributed by atoms with E-state index in [4.69, 9.17) is 28.9 Å². The van der Waals surface area contributed by atoms with E-state index in [1.54, 1.807) is 0 Å². The number of nitrogens with one attached hydrogen (secondary N) is 2. The Hall–Kier alpha value is -1.77. The molecule has 0 saturated heterocycles. The summed E-state index contributed by atoms with van der Waals surface area (Å²) in [5.41, 5.74) is 5.28. The first kappa shape index (κ1) is 14.6. The Balaban J connectivity index is 2.46. The average molecular weight is 335 g/mol. The van der Waals surface area contributed by atoms with Gasteiger partial charge in [-0.15, -0.1) is 0 Å². The van der Waals surface area contributed by atoms with Crippen molar-refractivity contribution in [1.82, 2.24) is 10.2 Å². The van der Waals surface area contributed by atoms with Crippen molar-refractivity contribution in [2.24, 2.45) is 0 Å². The fourth-order valence-corrected chi connectivity index (χ4v) is 3.66. The topological polar surface area (TPSA) is 118 Å². The van der Waals surface area contributed by atoms with Crippen molar-refractivity contribution in [1.29, 1.82) is 0 Å². The molecule has 2 rings (SSSR count). The molecule has 10 heteroatoms. The van der Waals surface area contributed by atoms with E-state index < -0.39 is 15.6 Å². The van der Waals surface area contributed by atoms with Crippen LogP contribution in [0.5, 0.6) is 0 Å². The summed E-state index contributed by atoms with van der Waals surface area (Å²) in [5, 5.41) is 5.38. The van der Waals surface area contributed by atoms with Crippen LogP contribution < -0.4 is 16.0 Å². The van der Waals surface area contributed by atoms with E-state index in [2.05, 4.69) is 14.9 Å². The van der Waals surface area contributed by atoms with Gasteiger partial charge in [-0.1, -0.05) is 23.2 Å². The molecule has 0 atom stereocenters. The third kappa shape index (κ3) is 3.03. The van der Waals surface area contributed by atoms with Crippen molar-refractivity contribution in [3.63, 3.8) is 0 Å². The van der Waals surface area contributed by atoms with Gasteiger partial charge in [0.15, 0.2) is 5.82 Å². The number of benzene rings is 1. The van der Waals surface area contributed by atoms with Crippen molar-refractivity contribution >= 4 is 44.7 Å². The minimum Gasteiger partial charge on any atom is -0.399 e. The molecule has 1 aromatic carbocycles. The predicted octanol–water partition coefficient (Wildman–Crippen LogP) is 1.46. The Morgan fingerprint density at radius 3 is 2.30 bits per heavy atom. The van der Waals surface area contributed by atoms with Gasteiger partial charge in [0.2, 0.25) is 0 Å². The highest BCUT2D eigenvalue weighted by atomic mass is 35.5. The van der Waals surface area contributed by atoms with Crippen LogP contribution in [0.2, 0.25) is 10.0 Å². The fraction of sp³-hybridized carbons (Fsp3) is 0. The lowest BCUT2D eigenvalue weighted by atomic mass is 10.3. The third-order valence-corrected chi connectivity index (χ3v) is 4.48. The van der Waals surface area contributed by atoms with Crippen LogP contribution >= 0.6 is 23.2 Å². The monoisotopic (exact) mass is 334 g/mol. The van der Waals surface area contributed by atoms with E-state index in [1.807, 2.05) is 0 Å². The standard InChI is InChI=1S/C10H8Cl2N4O3S/c11-6-3-5(13)4-7(12)10(6)20(18,19)16-8-1-2-9(17)15-14-8/h1-4H,13H2,(H,14,16)(H,15,17). The van der Waals surface area contributed by atoms with Crippen LogP contribution in [0.3, 0.4) is 0 Å². The summed E-state index contributed by atoms with van der Waals surface area (Å²) in [7, 11) is -4.06. The number of hydrogen-bond acceptors (Lipinski definition) is 5. The number of H-pyrrole nitrogens is 1. The minimum atomic E-state index is -4.06. The van der Waals surface area contributed by atoms with E-state index in [0.29, 0.717) is 0 Å². The Labute approximate surface area is 123 Å². The molecule has 0 saturated carbocycles. The largest absolute Gasteiger partial charge is 0.399 e. The van der Waals surface area contributed by atoms with E-state index in [1.165, 1.54) is 18.2 Å². The van der Waals surface area contributed by atoms with Crippen LogP contribution in [-0.4, -0.2) is 18.6 Å². The number of sulfonamides is 1. The average Bonchev–Trinajstić information content (AvgIpc) is 2.30. The molecule has 1 heterocycles. The number of nitrogens with zero attached hydrogens (tertiary/aromatic N) is 1. The highest BCUT2D eigenvalue weighted by Gasteiger charge is 2.23. The summed E-state index contributed by atoms with van der Waals surface area (Å²) in [4.78, 5) is 10.5. The van der Waals surface area contributed by atoms with E-state index in [-0.39, 0.29) is 26.4 Å². The second kappa shape index (κ2) is 5.31. The maximum atomic E-state index is 12.2. The smallest absolute Gasteiger partial charge is 0.266 e. The Kier molecular flexibility index (Phi) is 3.89. The summed E-state index contributed by atoms with van der Waals surface area (Å²) >= 11 is 11.7. The number of nitrogen functional groups attached to an aromatic ring is 1. The van der Waals surface area contributed by atoms with Gasteiger partial charge < -0.3 is 5.73 Å². The normalized spacial score (nSPS) is 11.3. The zero-order chi connectivity index (χ0) is 14.9. The van der Waals surface area contributed by atoms with Gasteiger partial charge in [0.05, 0.1) is 10.0 Å². The summed E-state index contributed by atoms with van der Waals surface area (Å²) < 4.78 is 26.5. The van der Waals surface area contributed by atoms with Gasteiger partial charge in [-0.05, 0) is 18.2 Å². The molecular weight excluding hydrogens is 327 g/mol. The summed E-state index contributed by atoms with van der Waals surface area (Å²) in [6.07, 6.45) is 0. The van der Waals surface area contributed by atoms with E-state index in [0.717, 1.165) is 6.07 Å². The molecule has 106 valence electrons. The molecule has 1 aromatic heterocycles. The first-order chi connectivity index (χ1) is 9.29. The second-order valence-electron chi connectivity index (χ2n) is 3.73. The number of aromatic nitrogens is 2. The number of rotatable bonds is 3. The minimum absolute atomic E-state index is 0.0754. The van der Waals surface area contributed by atoms with Crippen LogP contribution in [0.1, 0.15) is 0 Å². The van der Waals surface area contributed by atoms with Crippen LogP contribution in [0.4, 0.5) is 11.5 Å². The molecule has 0 fully saturated rings. The molecule has 0 radical (unpaired) electrons. The molecule has 0 aliphatic carbocycles. The Morgan fingerprint density at radius 2 is 1.80 bits per heavy atom. The van der Waals surface area contributed by atoms with Gasteiger partial charge in [-0.3, -0.25) is 9.52 Å². The number of anilines is 2. The van der Waals surface area contributed by atoms with Gasteiger partial charge >= 0.3 is 0 Å². The van der Waals surface area contributed by atoms with Gasteiger partial charge in [0.25, 0.3) is 15.6 Å². The number of halogens is 2. The lowest BCUT2D eigenvalue weighted by molar-refractivity contribution is 0.601. The third-order valence-electron chi connectivity index (χ3n) is 2.21. The summed E-state index contributed by atoms with van der Waals surface area (Å²) in [6.45, 7) is 0. The molecule has 0 aliphatic rings. The molecule has 0 unspecified atom stereocenters. The molecule has 7 nitrogen and oxygen atoms in total. The molecule has 2 aromatic rings. The highest BCUT2D eigenvalue weighted by Crippen LogP contribution is 2.32. The zero-order valence-corrected chi connectivity index (χ0v) is 12.1. The predicted molar refractivity (Wildman–Crippen MR) is 76.5 cm³/mol. The Morgan fingerprint density at radius 1 is 1.20 bits per heavy atom. The molecule has 4 N–H and O–H groups in total. The van der Waals surface area contributed by atoms with Crippen molar-refractivity contribution in [2.45, 2.75) is 4.90 Å². The van der Waals surface area contributed by atoms with Crippen molar-refractivity contribution in [2.75, 3.05) is 10.5 Å². The lowest BCUT2D eigenvalue weighted by Gasteiger charge is -2.10. The van der Waals surface area contributed by atoms with Crippen LogP contribution in [0, 0.1) is 0 Å². The summed E-state index contributed by atoms with van der Waals surface area (Å²) in [5.74, 6) is -0.0754. The Bertz CT molecular complexity index is 776. The van der Waals surface area contributed by atoms with Crippen LogP contribution in [0.25, 0.3) is 0 Å². The zero-order valence-electron chi connectivity index (χ0n) is 9.72. The molecular formula is C10H8Cl2N4O3S. The van der Waals surface area contributed by atoms with Crippen molar-refractivity contribution in [3.8, 4) is 0 Å². The van der Waals surface area contributed by atoms with Crippen molar-refractivity contribution in [3.05, 3.63) is 44.7 Å². The highest BCUT2D eigenvalue weighted by molar-refractivity contribution is 7.93.